The normalized spacial score (nSPS) is 12.4. The van der Waals surface area contributed by atoms with E-state index in [2.05, 4.69) is 30.4 Å². The van der Waals surface area contributed by atoms with E-state index in [4.69, 9.17) is 0 Å². The Labute approximate surface area is 114 Å². The van der Waals surface area contributed by atoms with Gasteiger partial charge in [0.2, 0.25) is 0 Å². The highest BCUT2D eigenvalue weighted by Crippen LogP contribution is 2.14. The van der Waals surface area contributed by atoms with Crippen molar-refractivity contribution in [2.75, 3.05) is 7.05 Å². The molecule has 2 rings (SSSR count). The van der Waals surface area contributed by atoms with Crippen molar-refractivity contribution in [3.05, 3.63) is 71.0 Å². The molecule has 100 valence electrons. The van der Waals surface area contributed by atoms with Crippen LogP contribution in [0.5, 0.6) is 0 Å². The van der Waals surface area contributed by atoms with Crippen LogP contribution in [0.2, 0.25) is 0 Å². The molecule has 2 heteroatoms. The lowest BCUT2D eigenvalue weighted by molar-refractivity contribution is 0.531. The topological polar surface area (TPSA) is 12.0 Å². The third-order valence-corrected chi connectivity index (χ3v) is 3.56. The molecule has 1 atom stereocenters. The Bertz CT molecular complexity index is 489. The maximum atomic E-state index is 13.7. The molecule has 2 aromatic carbocycles. The Balaban J connectivity index is 2.09. The standard InChI is InChI=1S/C17H20FN/c1-13-7-3-4-8-14(13)11-16(19-2)12-15-9-5-6-10-17(15)18/h3-10,16,19H,11-12H2,1-2H3. The molecule has 0 saturated heterocycles. The van der Waals surface area contributed by atoms with Gasteiger partial charge < -0.3 is 5.32 Å². The van der Waals surface area contributed by atoms with Crippen molar-refractivity contribution in [2.45, 2.75) is 25.8 Å². The van der Waals surface area contributed by atoms with Gasteiger partial charge in [-0.25, -0.2) is 4.39 Å². The van der Waals surface area contributed by atoms with Crippen molar-refractivity contribution in [1.29, 1.82) is 0 Å². The van der Waals surface area contributed by atoms with Crippen LogP contribution in [0.15, 0.2) is 48.5 Å². The van der Waals surface area contributed by atoms with E-state index in [1.807, 2.05) is 25.2 Å². The Kier molecular flexibility index (Phi) is 4.69. The Morgan fingerprint density at radius 3 is 2.16 bits per heavy atom. The van der Waals surface area contributed by atoms with Gasteiger partial charge in [-0.3, -0.25) is 0 Å². The number of aryl methyl sites for hydroxylation is 1. The summed E-state index contributed by atoms with van der Waals surface area (Å²) in [5.41, 5.74) is 3.38. The highest BCUT2D eigenvalue weighted by molar-refractivity contribution is 5.27. The first-order valence-corrected chi connectivity index (χ1v) is 6.66. The summed E-state index contributed by atoms with van der Waals surface area (Å²) in [6.45, 7) is 2.12. The molecule has 0 heterocycles. The van der Waals surface area contributed by atoms with Crippen molar-refractivity contribution < 1.29 is 4.39 Å². The van der Waals surface area contributed by atoms with Crippen molar-refractivity contribution in [3.63, 3.8) is 0 Å². The average Bonchev–Trinajstić information content (AvgIpc) is 2.42. The smallest absolute Gasteiger partial charge is 0.126 e. The maximum Gasteiger partial charge on any atom is 0.126 e. The quantitative estimate of drug-likeness (QED) is 0.864. The fourth-order valence-electron chi connectivity index (χ4n) is 2.31. The van der Waals surface area contributed by atoms with Crippen LogP contribution in [-0.4, -0.2) is 13.1 Å². The Morgan fingerprint density at radius 1 is 0.947 bits per heavy atom. The Hall–Kier alpha value is -1.67. The van der Waals surface area contributed by atoms with Gasteiger partial charge in [0.1, 0.15) is 5.82 Å². The van der Waals surface area contributed by atoms with Gasteiger partial charge in [-0.2, -0.15) is 0 Å². The van der Waals surface area contributed by atoms with Crippen LogP contribution >= 0.6 is 0 Å². The SMILES string of the molecule is CNC(Cc1ccccc1C)Cc1ccccc1F. The predicted molar refractivity (Wildman–Crippen MR) is 77.8 cm³/mol. The van der Waals surface area contributed by atoms with Crippen LogP contribution in [0.1, 0.15) is 16.7 Å². The number of hydrogen-bond donors (Lipinski definition) is 1. The lowest BCUT2D eigenvalue weighted by Gasteiger charge is -2.18. The molecule has 1 nitrogen and oxygen atoms in total. The highest BCUT2D eigenvalue weighted by Gasteiger charge is 2.12. The second kappa shape index (κ2) is 6.48. The van der Waals surface area contributed by atoms with Gasteiger partial charge in [0.05, 0.1) is 0 Å². The van der Waals surface area contributed by atoms with E-state index in [1.165, 1.54) is 17.2 Å². The van der Waals surface area contributed by atoms with Crippen LogP contribution < -0.4 is 5.32 Å². The second-order valence-electron chi connectivity index (χ2n) is 4.91. The summed E-state index contributed by atoms with van der Waals surface area (Å²) in [6.07, 6.45) is 1.62. The molecule has 2 aromatic rings. The molecular weight excluding hydrogens is 237 g/mol. The van der Waals surface area contributed by atoms with Gasteiger partial charge in [0.25, 0.3) is 0 Å². The van der Waals surface area contributed by atoms with Crippen molar-refractivity contribution in [1.82, 2.24) is 5.32 Å². The number of likely N-dealkylation sites (N-methyl/N-ethyl adjacent to an activating group) is 1. The molecule has 19 heavy (non-hydrogen) atoms. The fraction of sp³-hybridized carbons (Fsp3) is 0.294. The molecule has 0 spiro atoms. The molecule has 0 saturated carbocycles. The van der Waals surface area contributed by atoms with Crippen molar-refractivity contribution in [2.24, 2.45) is 0 Å². The van der Waals surface area contributed by atoms with Gasteiger partial charge in [-0.05, 0) is 49.6 Å². The summed E-state index contributed by atoms with van der Waals surface area (Å²) in [4.78, 5) is 0. The van der Waals surface area contributed by atoms with E-state index in [9.17, 15) is 4.39 Å². The molecule has 0 aliphatic carbocycles. The van der Waals surface area contributed by atoms with Crippen LogP contribution in [0, 0.1) is 12.7 Å². The average molecular weight is 257 g/mol. The summed E-state index contributed by atoms with van der Waals surface area (Å²) < 4.78 is 13.7. The first-order valence-electron chi connectivity index (χ1n) is 6.66. The molecule has 0 amide bonds. The monoisotopic (exact) mass is 257 g/mol. The first-order chi connectivity index (χ1) is 9.20. The lowest BCUT2D eigenvalue weighted by Crippen LogP contribution is -2.30. The molecule has 0 aliphatic rings. The van der Waals surface area contributed by atoms with Gasteiger partial charge >= 0.3 is 0 Å². The maximum absolute atomic E-state index is 13.7. The predicted octanol–water partition coefficient (Wildman–Crippen LogP) is 3.51. The summed E-state index contributed by atoms with van der Waals surface area (Å²) in [5, 5.41) is 3.29. The molecule has 0 radical (unpaired) electrons. The number of benzene rings is 2. The van der Waals surface area contributed by atoms with E-state index in [1.54, 1.807) is 6.07 Å². The molecule has 0 aliphatic heterocycles. The summed E-state index contributed by atoms with van der Waals surface area (Å²) >= 11 is 0. The van der Waals surface area contributed by atoms with Crippen molar-refractivity contribution in [3.8, 4) is 0 Å². The third-order valence-electron chi connectivity index (χ3n) is 3.56. The molecule has 0 aromatic heterocycles. The van der Waals surface area contributed by atoms with Crippen molar-refractivity contribution >= 4 is 0 Å². The lowest BCUT2D eigenvalue weighted by atomic mass is 9.96. The highest BCUT2D eigenvalue weighted by atomic mass is 19.1. The molecule has 0 fully saturated rings. The third kappa shape index (κ3) is 3.65. The fourth-order valence-corrected chi connectivity index (χ4v) is 2.31. The largest absolute Gasteiger partial charge is 0.316 e. The first kappa shape index (κ1) is 13.8. The molecule has 1 N–H and O–H groups in total. The zero-order valence-corrected chi connectivity index (χ0v) is 11.5. The van der Waals surface area contributed by atoms with Gasteiger partial charge in [0, 0.05) is 6.04 Å². The number of halogens is 1. The number of rotatable bonds is 5. The van der Waals surface area contributed by atoms with E-state index in [0.717, 1.165) is 12.0 Å². The summed E-state index contributed by atoms with van der Waals surface area (Å²) in [7, 11) is 1.93. The minimum absolute atomic E-state index is 0.118. The molecule has 1 unspecified atom stereocenters. The second-order valence-corrected chi connectivity index (χ2v) is 4.91. The van der Waals surface area contributed by atoms with Gasteiger partial charge in [-0.15, -0.1) is 0 Å². The van der Waals surface area contributed by atoms with E-state index >= 15 is 0 Å². The number of hydrogen-bond acceptors (Lipinski definition) is 1. The van der Waals surface area contributed by atoms with Crippen LogP contribution in [0.25, 0.3) is 0 Å². The van der Waals surface area contributed by atoms with Crippen LogP contribution in [0.4, 0.5) is 4.39 Å². The number of nitrogens with one attached hydrogen (secondary N) is 1. The van der Waals surface area contributed by atoms with Crippen LogP contribution in [0.3, 0.4) is 0 Å². The van der Waals surface area contributed by atoms with E-state index in [-0.39, 0.29) is 11.9 Å². The molecule has 0 bridgehead atoms. The van der Waals surface area contributed by atoms with Gasteiger partial charge in [-0.1, -0.05) is 42.5 Å². The van der Waals surface area contributed by atoms with E-state index < -0.39 is 0 Å². The zero-order valence-electron chi connectivity index (χ0n) is 11.5. The van der Waals surface area contributed by atoms with Gasteiger partial charge in [0.15, 0.2) is 0 Å². The Morgan fingerprint density at radius 2 is 1.53 bits per heavy atom. The molecular formula is C17H20FN. The van der Waals surface area contributed by atoms with Crippen LogP contribution in [-0.2, 0) is 12.8 Å². The summed E-state index contributed by atoms with van der Waals surface area (Å²) in [5.74, 6) is -0.118. The summed E-state index contributed by atoms with van der Waals surface area (Å²) in [6, 6.07) is 15.6. The van der Waals surface area contributed by atoms with E-state index in [0.29, 0.717) is 6.42 Å². The zero-order chi connectivity index (χ0) is 13.7. The minimum atomic E-state index is -0.118. The minimum Gasteiger partial charge on any atom is -0.316 e.